The second-order valence-electron chi connectivity index (χ2n) is 4.07. The summed E-state index contributed by atoms with van der Waals surface area (Å²) in [5.74, 6) is 0. The average Bonchev–Trinajstić information content (AvgIpc) is 2.29. The Hall–Kier alpha value is -0.120. The van der Waals surface area contributed by atoms with Gasteiger partial charge in [-0.1, -0.05) is 6.92 Å². The monoisotopic (exact) mass is 185 g/mol. The van der Waals surface area contributed by atoms with E-state index < -0.39 is 0 Å². The van der Waals surface area contributed by atoms with Gasteiger partial charge in [0.1, 0.15) is 0 Å². The van der Waals surface area contributed by atoms with Crippen LogP contribution in [0.15, 0.2) is 0 Å². The molecular formula is C10H23N3. The fraction of sp³-hybridized carbons (Fsp3) is 1.00. The van der Waals surface area contributed by atoms with Crippen LogP contribution in [0, 0.1) is 0 Å². The minimum Gasteiger partial charge on any atom is -0.327 e. The van der Waals surface area contributed by atoms with Crippen LogP contribution < -0.4 is 5.73 Å². The first-order valence-corrected chi connectivity index (χ1v) is 5.42. The highest BCUT2D eigenvalue weighted by Gasteiger charge is 2.13. The summed E-state index contributed by atoms with van der Waals surface area (Å²) in [4.78, 5) is 5.00. The highest BCUT2D eigenvalue weighted by Crippen LogP contribution is 2.02. The fourth-order valence-corrected chi connectivity index (χ4v) is 1.93. The van der Waals surface area contributed by atoms with Gasteiger partial charge < -0.3 is 15.5 Å². The lowest BCUT2D eigenvalue weighted by atomic mass is 10.3. The van der Waals surface area contributed by atoms with Crippen LogP contribution in [0.2, 0.25) is 0 Å². The van der Waals surface area contributed by atoms with E-state index >= 15 is 0 Å². The molecule has 0 amide bonds. The number of hydrogen-bond acceptors (Lipinski definition) is 3. The Morgan fingerprint density at radius 1 is 1.15 bits per heavy atom. The van der Waals surface area contributed by atoms with Gasteiger partial charge >= 0.3 is 0 Å². The van der Waals surface area contributed by atoms with Crippen LogP contribution in [-0.4, -0.2) is 55.1 Å². The Morgan fingerprint density at radius 2 is 1.77 bits per heavy atom. The molecule has 78 valence electrons. The van der Waals surface area contributed by atoms with Gasteiger partial charge in [-0.05, 0) is 33.0 Å². The van der Waals surface area contributed by atoms with Crippen molar-refractivity contribution in [2.24, 2.45) is 5.73 Å². The molecule has 1 atom stereocenters. The number of rotatable bonds is 3. The van der Waals surface area contributed by atoms with E-state index in [1.165, 1.54) is 39.1 Å². The van der Waals surface area contributed by atoms with Crippen LogP contribution in [0.25, 0.3) is 0 Å². The van der Waals surface area contributed by atoms with E-state index in [-0.39, 0.29) is 0 Å². The van der Waals surface area contributed by atoms with E-state index in [1.54, 1.807) is 0 Å². The van der Waals surface area contributed by atoms with Crippen molar-refractivity contribution < 1.29 is 0 Å². The van der Waals surface area contributed by atoms with E-state index in [4.69, 9.17) is 5.73 Å². The molecule has 3 nitrogen and oxygen atoms in total. The van der Waals surface area contributed by atoms with Gasteiger partial charge in [0.05, 0.1) is 0 Å². The number of likely N-dealkylation sites (N-methyl/N-ethyl adjacent to an activating group) is 1. The molecule has 0 unspecified atom stereocenters. The third-order valence-corrected chi connectivity index (χ3v) is 2.67. The molecule has 1 heterocycles. The Bertz CT molecular complexity index is 136. The van der Waals surface area contributed by atoms with E-state index in [9.17, 15) is 0 Å². The summed E-state index contributed by atoms with van der Waals surface area (Å²) in [5, 5.41) is 0. The normalized spacial score (nSPS) is 24.2. The van der Waals surface area contributed by atoms with Gasteiger partial charge in [0.2, 0.25) is 0 Å². The molecule has 1 aliphatic rings. The summed E-state index contributed by atoms with van der Waals surface area (Å²) in [6, 6.07) is 0.313. The van der Waals surface area contributed by atoms with Crippen LogP contribution in [-0.2, 0) is 0 Å². The lowest BCUT2D eigenvalue weighted by Gasteiger charge is -2.22. The summed E-state index contributed by atoms with van der Waals surface area (Å²) >= 11 is 0. The standard InChI is InChI=1S/C10H23N3/c1-3-12-5-4-6-13(8-7-12)9-10(2)11/h10H,3-9,11H2,1-2H3/t10-/m1/s1. The van der Waals surface area contributed by atoms with Crippen molar-refractivity contribution >= 4 is 0 Å². The van der Waals surface area contributed by atoms with Crippen LogP contribution in [0.3, 0.4) is 0 Å². The van der Waals surface area contributed by atoms with E-state index in [0.717, 1.165) is 6.54 Å². The van der Waals surface area contributed by atoms with Crippen molar-refractivity contribution in [3.63, 3.8) is 0 Å². The molecular weight excluding hydrogens is 162 g/mol. The first-order valence-electron chi connectivity index (χ1n) is 5.42. The Morgan fingerprint density at radius 3 is 2.38 bits per heavy atom. The first-order chi connectivity index (χ1) is 6.22. The van der Waals surface area contributed by atoms with Gasteiger partial charge in [-0.2, -0.15) is 0 Å². The average molecular weight is 185 g/mol. The third kappa shape index (κ3) is 4.07. The van der Waals surface area contributed by atoms with Crippen molar-refractivity contribution in [3.05, 3.63) is 0 Å². The number of nitrogens with zero attached hydrogens (tertiary/aromatic N) is 2. The topological polar surface area (TPSA) is 32.5 Å². The van der Waals surface area contributed by atoms with Crippen LogP contribution >= 0.6 is 0 Å². The van der Waals surface area contributed by atoms with Gasteiger partial charge in [-0.15, -0.1) is 0 Å². The molecule has 0 bridgehead atoms. The summed E-state index contributed by atoms with van der Waals surface area (Å²) in [6.07, 6.45) is 1.29. The predicted octanol–water partition coefficient (Wildman–Crippen LogP) is 0.361. The predicted molar refractivity (Wildman–Crippen MR) is 56.8 cm³/mol. The zero-order valence-electron chi connectivity index (χ0n) is 9.00. The number of nitrogens with two attached hydrogens (primary N) is 1. The maximum atomic E-state index is 5.79. The molecule has 0 radical (unpaired) electrons. The highest BCUT2D eigenvalue weighted by atomic mass is 15.2. The zero-order chi connectivity index (χ0) is 9.68. The van der Waals surface area contributed by atoms with Crippen molar-refractivity contribution in [1.82, 2.24) is 9.80 Å². The zero-order valence-corrected chi connectivity index (χ0v) is 9.00. The fourth-order valence-electron chi connectivity index (χ4n) is 1.93. The lowest BCUT2D eigenvalue weighted by Crippen LogP contribution is -2.38. The van der Waals surface area contributed by atoms with Crippen molar-refractivity contribution in [2.75, 3.05) is 39.3 Å². The van der Waals surface area contributed by atoms with Gasteiger partial charge in [0.25, 0.3) is 0 Å². The molecule has 0 spiro atoms. The molecule has 1 fully saturated rings. The second-order valence-corrected chi connectivity index (χ2v) is 4.07. The van der Waals surface area contributed by atoms with Gasteiger partial charge in [-0.25, -0.2) is 0 Å². The molecule has 13 heavy (non-hydrogen) atoms. The van der Waals surface area contributed by atoms with Gasteiger partial charge in [0, 0.05) is 25.7 Å². The molecule has 1 saturated heterocycles. The molecule has 0 aromatic carbocycles. The molecule has 1 aliphatic heterocycles. The molecule has 1 rings (SSSR count). The Labute approximate surface area is 81.9 Å². The number of hydrogen-bond donors (Lipinski definition) is 1. The first kappa shape index (κ1) is 11.0. The summed E-state index contributed by atoms with van der Waals surface area (Å²) in [6.45, 7) is 11.4. The molecule has 0 aromatic rings. The Balaban J connectivity index is 2.27. The molecule has 3 heteroatoms. The smallest absolute Gasteiger partial charge is 0.0139 e. The minimum absolute atomic E-state index is 0.313. The van der Waals surface area contributed by atoms with E-state index in [1.807, 2.05) is 0 Å². The summed E-state index contributed by atoms with van der Waals surface area (Å²) in [7, 11) is 0. The largest absolute Gasteiger partial charge is 0.327 e. The maximum Gasteiger partial charge on any atom is 0.0139 e. The van der Waals surface area contributed by atoms with Crippen molar-refractivity contribution in [3.8, 4) is 0 Å². The van der Waals surface area contributed by atoms with Crippen molar-refractivity contribution in [2.45, 2.75) is 26.3 Å². The SMILES string of the molecule is CCN1CCCN(C[C@@H](C)N)CC1. The molecule has 2 N–H and O–H groups in total. The van der Waals surface area contributed by atoms with Gasteiger partial charge in [0.15, 0.2) is 0 Å². The van der Waals surface area contributed by atoms with Crippen molar-refractivity contribution in [1.29, 1.82) is 0 Å². The second kappa shape index (κ2) is 5.58. The lowest BCUT2D eigenvalue weighted by molar-refractivity contribution is 0.255. The van der Waals surface area contributed by atoms with E-state index in [0.29, 0.717) is 6.04 Å². The van der Waals surface area contributed by atoms with E-state index in [2.05, 4.69) is 23.6 Å². The molecule has 0 aliphatic carbocycles. The van der Waals surface area contributed by atoms with Gasteiger partial charge in [-0.3, -0.25) is 0 Å². The van der Waals surface area contributed by atoms with Crippen LogP contribution in [0.1, 0.15) is 20.3 Å². The summed E-state index contributed by atoms with van der Waals surface area (Å²) < 4.78 is 0. The Kier molecular flexibility index (Phi) is 4.70. The summed E-state index contributed by atoms with van der Waals surface area (Å²) in [5.41, 5.74) is 5.79. The quantitative estimate of drug-likeness (QED) is 0.689. The highest BCUT2D eigenvalue weighted by molar-refractivity contribution is 4.71. The minimum atomic E-state index is 0.313. The maximum absolute atomic E-state index is 5.79. The molecule has 0 saturated carbocycles. The molecule has 0 aromatic heterocycles. The van der Waals surface area contributed by atoms with Crippen LogP contribution in [0.5, 0.6) is 0 Å². The van der Waals surface area contributed by atoms with Crippen LogP contribution in [0.4, 0.5) is 0 Å². The third-order valence-electron chi connectivity index (χ3n) is 2.67.